The maximum Gasteiger partial charge on any atom is 0.241 e. The van der Waals surface area contributed by atoms with Crippen molar-refractivity contribution in [2.75, 3.05) is 7.05 Å². The van der Waals surface area contributed by atoms with E-state index in [1.165, 1.54) is 6.26 Å². The SMILES string of the molecule is CNCc1ccccc1S(=O)(=O)NC(C)c1ccco1. The van der Waals surface area contributed by atoms with Crippen LogP contribution in [0.15, 0.2) is 52.0 Å². The summed E-state index contributed by atoms with van der Waals surface area (Å²) >= 11 is 0. The van der Waals surface area contributed by atoms with Gasteiger partial charge in [0.15, 0.2) is 0 Å². The third-order valence-electron chi connectivity index (χ3n) is 2.93. The fourth-order valence-electron chi connectivity index (χ4n) is 1.99. The first-order valence-corrected chi connectivity index (χ1v) is 7.81. The van der Waals surface area contributed by atoms with Crippen molar-refractivity contribution in [1.29, 1.82) is 0 Å². The van der Waals surface area contributed by atoms with Crippen LogP contribution in [0, 0.1) is 0 Å². The third kappa shape index (κ3) is 3.27. The van der Waals surface area contributed by atoms with Crippen LogP contribution in [-0.2, 0) is 16.6 Å². The quantitative estimate of drug-likeness (QED) is 0.855. The van der Waals surface area contributed by atoms with Crippen LogP contribution >= 0.6 is 0 Å². The first-order chi connectivity index (χ1) is 9.54. The zero-order chi connectivity index (χ0) is 14.6. The van der Waals surface area contributed by atoms with Crippen molar-refractivity contribution in [3.8, 4) is 0 Å². The van der Waals surface area contributed by atoms with Crippen molar-refractivity contribution < 1.29 is 12.8 Å². The minimum atomic E-state index is -3.59. The van der Waals surface area contributed by atoms with Crippen LogP contribution in [0.3, 0.4) is 0 Å². The molecule has 2 N–H and O–H groups in total. The summed E-state index contributed by atoms with van der Waals surface area (Å²) in [5.41, 5.74) is 0.731. The number of benzene rings is 1. The average molecular weight is 294 g/mol. The summed E-state index contributed by atoms with van der Waals surface area (Å²) in [7, 11) is -1.81. The summed E-state index contributed by atoms with van der Waals surface area (Å²) < 4.78 is 32.7. The fourth-order valence-corrected chi connectivity index (χ4v) is 3.45. The van der Waals surface area contributed by atoms with E-state index in [2.05, 4.69) is 10.0 Å². The molecule has 5 nitrogen and oxygen atoms in total. The molecule has 0 radical (unpaired) electrons. The number of sulfonamides is 1. The Bertz CT molecular complexity index is 651. The molecule has 0 aliphatic heterocycles. The van der Waals surface area contributed by atoms with Gasteiger partial charge in [-0.05, 0) is 37.7 Å². The molecule has 2 rings (SSSR count). The molecule has 0 fully saturated rings. The summed E-state index contributed by atoms with van der Waals surface area (Å²) in [4.78, 5) is 0.285. The third-order valence-corrected chi connectivity index (χ3v) is 4.57. The molecule has 6 heteroatoms. The highest BCUT2D eigenvalue weighted by Crippen LogP contribution is 2.20. The van der Waals surface area contributed by atoms with Gasteiger partial charge in [0.05, 0.1) is 17.2 Å². The van der Waals surface area contributed by atoms with Crippen LogP contribution in [0.4, 0.5) is 0 Å². The summed E-state index contributed by atoms with van der Waals surface area (Å²) in [6.45, 7) is 2.24. The van der Waals surface area contributed by atoms with Crippen molar-refractivity contribution in [1.82, 2.24) is 10.0 Å². The van der Waals surface area contributed by atoms with Crippen LogP contribution in [-0.4, -0.2) is 15.5 Å². The lowest BCUT2D eigenvalue weighted by Gasteiger charge is -2.14. The standard InChI is InChI=1S/C14H18N2O3S/c1-11(13-7-5-9-19-13)16-20(17,18)14-8-4-3-6-12(14)10-15-2/h3-9,11,15-16H,10H2,1-2H3. The van der Waals surface area contributed by atoms with Gasteiger partial charge in [0, 0.05) is 6.54 Å². The van der Waals surface area contributed by atoms with Gasteiger partial charge in [0.1, 0.15) is 5.76 Å². The van der Waals surface area contributed by atoms with E-state index in [1.807, 2.05) is 6.07 Å². The van der Waals surface area contributed by atoms with Gasteiger partial charge < -0.3 is 9.73 Å². The Morgan fingerprint density at radius 2 is 1.95 bits per heavy atom. The zero-order valence-corrected chi connectivity index (χ0v) is 12.3. The van der Waals surface area contributed by atoms with Gasteiger partial charge in [-0.3, -0.25) is 0 Å². The van der Waals surface area contributed by atoms with Crippen LogP contribution in [0.1, 0.15) is 24.3 Å². The Morgan fingerprint density at radius 3 is 2.60 bits per heavy atom. The van der Waals surface area contributed by atoms with E-state index in [9.17, 15) is 8.42 Å². The number of rotatable bonds is 6. The van der Waals surface area contributed by atoms with E-state index < -0.39 is 16.1 Å². The van der Waals surface area contributed by atoms with Crippen molar-refractivity contribution in [2.24, 2.45) is 0 Å². The molecule has 108 valence electrons. The Hall–Kier alpha value is -1.63. The summed E-state index contributed by atoms with van der Waals surface area (Å²) in [5.74, 6) is 0.583. The van der Waals surface area contributed by atoms with E-state index >= 15 is 0 Å². The summed E-state index contributed by atoms with van der Waals surface area (Å²) in [6, 6.07) is 9.99. The molecule has 0 spiro atoms. The number of nitrogens with one attached hydrogen (secondary N) is 2. The number of hydrogen-bond acceptors (Lipinski definition) is 4. The van der Waals surface area contributed by atoms with Gasteiger partial charge in [-0.1, -0.05) is 18.2 Å². The van der Waals surface area contributed by atoms with Crippen LogP contribution in [0.25, 0.3) is 0 Å². The van der Waals surface area contributed by atoms with E-state index in [4.69, 9.17) is 4.42 Å². The minimum absolute atomic E-state index is 0.285. The molecule has 20 heavy (non-hydrogen) atoms. The Balaban J connectivity index is 2.27. The lowest BCUT2D eigenvalue weighted by atomic mass is 10.2. The minimum Gasteiger partial charge on any atom is -0.468 e. The largest absolute Gasteiger partial charge is 0.468 e. The molecule has 2 aromatic rings. The summed E-state index contributed by atoms with van der Waals surface area (Å²) in [5, 5.41) is 2.97. The lowest BCUT2D eigenvalue weighted by Crippen LogP contribution is -2.28. The van der Waals surface area contributed by atoms with Gasteiger partial charge in [-0.2, -0.15) is 0 Å². The van der Waals surface area contributed by atoms with Gasteiger partial charge in [-0.15, -0.1) is 0 Å². The van der Waals surface area contributed by atoms with Crippen LogP contribution in [0.2, 0.25) is 0 Å². The smallest absolute Gasteiger partial charge is 0.241 e. The van der Waals surface area contributed by atoms with Gasteiger partial charge in [0.25, 0.3) is 0 Å². The van der Waals surface area contributed by atoms with Crippen molar-refractivity contribution in [2.45, 2.75) is 24.4 Å². The topological polar surface area (TPSA) is 71.3 Å². The average Bonchev–Trinajstić information content (AvgIpc) is 2.93. The molecular weight excluding hydrogens is 276 g/mol. The lowest BCUT2D eigenvalue weighted by molar-refractivity contribution is 0.459. The second-order valence-electron chi connectivity index (χ2n) is 4.50. The maximum absolute atomic E-state index is 12.5. The van der Waals surface area contributed by atoms with E-state index in [0.29, 0.717) is 12.3 Å². The molecule has 1 aromatic carbocycles. The molecule has 1 unspecified atom stereocenters. The molecule has 1 atom stereocenters. The zero-order valence-electron chi connectivity index (χ0n) is 11.5. The highest BCUT2D eigenvalue weighted by Gasteiger charge is 2.22. The van der Waals surface area contributed by atoms with Crippen LogP contribution in [0.5, 0.6) is 0 Å². The molecule has 0 saturated carbocycles. The molecule has 0 aliphatic rings. The molecule has 0 saturated heterocycles. The van der Waals surface area contributed by atoms with Gasteiger partial charge >= 0.3 is 0 Å². The van der Waals surface area contributed by atoms with Gasteiger partial charge in [0.2, 0.25) is 10.0 Å². The fraction of sp³-hybridized carbons (Fsp3) is 0.286. The maximum atomic E-state index is 12.5. The van der Waals surface area contributed by atoms with E-state index in [1.54, 1.807) is 44.3 Å². The van der Waals surface area contributed by atoms with Crippen molar-refractivity contribution in [3.05, 3.63) is 54.0 Å². The monoisotopic (exact) mass is 294 g/mol. The predicted octanol–water partition coefficient (Wildman–Crippen LogP) is 2.04. The molecular formula is C14H18N2O3S. The normalized spacial score (nSPS) is 13.3. The van der Waals surface area contributed by atoms with Crippen molar-refractivity contribution >= 4 is 10.0 Å². The number of furan rings is 1. The highest BCUT2D eigenvalue weighted by molar-refractivity contribution is 7.89. The van der Waals surface area contributed by atoms with Gasteiger partial charge in [-0.25, -0.2) is 13.1 Å². The second-order valence-corrected chi connectivity index (χ2v) is 6.18. The Labute approximate surface area is 119 Å². The predicted molar refractivity (Wildman–Crippen MR) is 76.7 cm³/mol. The molecule has 0 bridgehead atoms. The van der Waals surface area contributed by atoms with E-state index in [0.717, 1.165) is 5.56 Å². The molecule has 1 aromatic heterocycles. The molecule has 0 aliphatic carbocycles. The molecule has 1 heterocycles. The summed E-state index contributed by atoms with van der Waals surface area (Å²) in [6.07, 6.45) is 1.52. The highest BCUT2D eigenvalue weighted by atomic mass is 32.2. The number of hydrogen-bond donors (Lipinski definition) is 2. The first-order valence-electron chi connectivity index (χ1n) is 6.33. The van der Waals surface area contributed by atoms with Crippen LogP contribution < -0.4 is 10.0 Å². The first kappa shape index (κ1) is 14.8. The van der Waals surface area contributed by atoms with Crippen molar-refractivity contribution in [3.63, 3.8) is 0 Å². The van der Waals surface area contributed by atoms with E-state index in [-0.39, 0.29) is 4.90 Å². The second kappa shape index (κ2) is 6.21. The Morgan fingerprint density at radius 1 is 1.20 bits per heavy atom. The Kier molecular flexibility index (Phi) is 4.59. The molecule has 0 amide bonds.